The Morgan fingerprint density at radius 2 is 1.92 bits per heavy atom. The van der Waals surface area contributed by atoms with Gasteiger partial charge in [-0.15, -0.1) is 0 Å². The van der Waals surface area contributed by atoms with Gasteiger partial charge in [-0.05, 0) is 47.9 Å². The molecule has 4 nitrogen and oxygen atoms in total. The average Bonchev–Trinajstić information content (AvgIpc) is 2.94. The summed E-state index contributed by atoms with van der Waals surface area (Å²) in [4.78, 5) is 21.5. The van der Waals surface area contributed by atoms with E-state index in [2.05, 4.69) is 4.98 Å². The summed E-state index contributed by atoms with van der Waals surface area (Å²) in [5, 5.41) is 0.991. The number of nitrogens with zero attached hydrogens (tertiary/aromatic N) is 3. The van der Waals surface area contributed by atoms with Gasteiger partial charge in [0, 0.05) is 38.8 Å². The molecule has 0 bridgehead atoms. The number of halogens is 1. The molecule has 0 N–H and O–H groups in total. The molecule has 5 heteroatoms. The molecule has 2 heterocycles. The molecule has 0 unspecified atom stereocenters. The number of aromatic nitrogens is 1. The molecule has 2 aromatic carbocycles. The van der Waals surface area contributed by atoms with Crippen molar-refractivity contribution < 1.29 is 9.18 Å². The van der Waals surface area contributed by atoms with E-state index in [9.17, 15) is 9.18 Å². The Hall–Kier alpha value is -2.95. The molecule has 26 heavy (non-hydrogen) atoms. The van der Waals surface area contributed by atoms with E-state index in [0.717, 1.165) is 38.8 Å². The molecule has 0 radical (unpaired) electrons. The minimum Gasteiger partial charge on any atom is -0.376 e. The number of carbonyl (C=O) groups is 1. The third-order valence-corrected chi connectivity index (χ3v) is 4.99. The highest BCUT2D eigenvalue weighted by molar-refractivity contribution is 6.12. The summed E-state index contributed by atoms with van der Waals surface area (Å²) in [7, 11) is 3.90. The van der Waals surface area contributed by atoms with Gasteiger partial charge in [-0.25, -0.2) is 4.39 Å². The summed E-state index contributed by atoms with van der Waals surface area (Å²) in [6.45, 7) is 3.04. The monoisotopic (exact) mass is 349 g/mol. The molecule has 0 spiro atoms. The smallest absolute Gasteiger partial charge is 0.256 e. The molecule has 1 aliphatic rings. The lowest BCUT2D eigenvalue weighted by molar-refractivity contribution is 0.0767. The van der Waals surface area contributed by atoms with Crippen LogP contribution in [0.1, 0.15) is 27.0 Å². The zero-order valence-corrected chi connectivity index (χ0v) is 15.1. The van der Waals surface area contributed by atoms with Crippen molar-refractivity contribution in [3.05, 3.63) is 70.7 Å². The highest BCUT2D eigenvalue weighted by Gasteiger charge is 2.34. The summed E-state index contributed by atoms with van der Waals surface area (Å²) in [5.74, 6) is -0.255. The fourth-order valence-electron chi connectivity index (χ4n) is 3.75. The van der Waals surface area contributed by atoms with Crippen molar-refractivity contribution in [1.82, 2.24) is 9.88 Å². The summed E-state index contributed by atoms with van der Waals surface area (Å²) in [6, 6.07) is 10.2. The molecule has 0 atom stereocenters. The maximum Gasteiger partial charge on any atom is 0.256 e. The van der Waals surface area contributed by atoms with Crippen LogP contribution in [0.25, 0.3) is 10.9 Å². The number of anilines is 1. The molecule has 0 aliphatic carbocycles. The molecular formula is C21H20FN3O. The van der Waals surface area contributed by atoms with Gasteiger partial charge in [0.25, 0.3) is 5.91 Å². The van der Waals surface area contributed by atoms with Gasteiger partial charge in [0.1, 0.15) is 5.82 Å². The van der Waals surface area contributed by atoms with E-state index >= 15 is 0 Å². The van der Waals surface area contributed by atoms with Crippen molar-refractivity contribution in [3.8, 4) is 0 Å². The lowest BCUT2D eigenvalue weighted by Gasteiger charge is -2.20. The molecule has 0 saturated heterocycles. The Morgan fingerprint density at radius 1 is 1.19 bits per heavy atom. The van der Waals surface area contributed by atoms with E-state index in [1.807, 2.05) is 43.0 Å². The van der Waals surface area contributed by atoms with E-state index in [0.29, 0.717) is 13.1 Å². The van der Waals surface area contributed by atoms with Crippen LogP contribution in [0.4, 0.5) is 10.1 Å². The molecule has 1 aliphatic heterocycles. The van der Waals surface area contributed by atoms with Gasteiger partial charge in [0.15, 0.2) is 0 Å². The van der Waals surface area contributed by atoms with Crippen LogP contribution in [-0.4, -0.2) is 29.9 Å². The molecule has 0 fully saturated rings. The van der Waals surface area contributed by atoms with Gasteiger partial charge in [-0.2, -0.15) is 0 Å². The van der Waals surface area contributed by atoms with E-state index in [4.69, 9.17) is 0 Å². The lowest BCUT2D eigenvalue weighted by Crippen LogP contribution is -2.24. The summed E-state index contributed by atoms with van der Waals surface area (Å²) < 4.78 is 13.2. The molecule has 4 rings (SSSR count). The SMILES string of the molecule is Cc1c2c(c(N(C)C)c3cccnc13)C(=O)N(Cc1ccc(F)cc1)C2. The molecule has 3 aromatic rings. The molecule has 132 valence electrons. The highest BCUT2D eigenvalue weighted by Crippen LogP contribution is 2.40. The molecule has 0 saturated carbocycles. The van der Waals surface area contributed by atoms with Crippen LogP contribution < -0.4 is 4.90 Å². The van der Waals surface area contributed by atoms with E-state index in [1.165, 1.54) is 12.1 Å². The number of fused-ring (bicyclic) bond motifs is 2. The van der Waals surface area contributed by atoms with E-state index in [-0.39, 0.29) is 11.7 Å². The van der Waals surface area contributed by atoms with Gasteiger partial charge < -0.3 is 9.80 Å². The number of hydrogen-bond donors (Lipinski definition) is 0. The Labute approximate surface area is 151 Å². The topological polar surface area (TPSA) is 36.4 Å². The number of carbonyl (C=O) groups excluding carboxylic acids is 1. The van der Waals surface area contributed by atoms with Crippen LogP contribution in [0.3, 0.4) is 0 Å². The first-order valence-corrected chi connectivity index (χ1v) is 8.58. The first-order chi connectivity index (χ1) is 12.5. The second kappa shape index (κ2) is 6.09. The first kappa shape index (κ1) is 16.5. The quantitative estimate of drug-likeness (QED) is 0.719. The second-order valence-electron chi connectivity index (χ2n) is 6.91. The van der Waals surface area contributed by atoms with Crippen molar-refractivity contribution in [2.24, 2.45) is 0 Å². The zero-order valence-electron chi connectivity index (χ0n) is 15.1. The third kappa shape index (κ3) is 2.51. The first-order valence-electron chi connectivity index (χ1n) is 8.58. The minimum absolute atomic E-state index is 0.0156. The number of hydrogen-bond acceptors (Lipinski definition) is 3. The maximum absolute atomic E-state index is 13.2. The van der Waals surface area contributed by atoms with Gasteiger partial charge in [0.2, 0.25) is 0 Å². The van der Waals surface area contributed by atoms with Gasteiger partial charge >= 0.3 is 0 Å². The van der Waals surface area contributed by atoms with Gasteiger partial charge in [-0.3, -0.25) is 9.78 Å². The Balaban J connectivity index is 1.82. The van der Waals surface area contributed by atoms with Gasteiger partial charge in [-0.1, -0.05) is 12.1 Å². The van der Waals surface area contributed by atoms with Crippen LogP contribution in [0.5, 0.6) is 0 Å². The van der Waals surface area contributed by atoms with Crippen LogP contribution >= 0.6 is 0 Å². The Kier molecular flexibility index (Phi) is 3.87. The number of aryl methyl sites for hydroxylation is 1. The predicted molar refractivity (Wildman–Crippen MR) is 101 cm³/mol. The number of pyridine rings is 1. The van der Waals surface area contributed by atoms with Crippen molar-refractivity contribution >= 4 is 22.5 Å². The second-order valence-corrected chi connectivity index (χ2v) is 6.91. The maximum atomic E-state index is 13.2. The summed E-state index contributed by atoms with van der Waals surface area (Å²) in [6.07, 6.45) is 1.79. The summed E-state index contributed by atoms with van der Waals surface area (Å²) in [5.41, 5.74) is 5.62. The number of amides is 1. The standard InChI is InChI=1S/C21H20FN3O/c1-13-17-12-25(11-14-6-8-15(22)9-7-14)21(26)18(17)20(24(2)3)16-5-4-10-23-19(13)16/h4-10H,11-12H2,1-3H3. The van der Waals surface area contributed by atoms with Crippen molar-refractivity contribution in [1.29, 1.82) is 0 Å². The fourth-order valence-corrected chi connectivity index (χ4v) is 3.75. The molecule has 1 aromatic heterocycles. The highest BCUT2D eigenvalue weighted by atomic mass is 19.1. The normalized spacial score (nSPS) is 13.4. The third-order valence-electron chi connectivity index (χ3n) is 4.99. The largest absolute Gasteiger partial charge is 0.376 e. The number of rotatable bonds is 3. The number of benzene rings is 2. The molecule has 1 amide bonds. The van der Waals surface area contributed by atoms with Crippen LogP contribution in [0, 0.1) is 12.7 Å². The fraction of sp³-hybridized carbons (Fsp3) is 0.238. The average molecular weight is 349 g/mol. The van der Waals surface area contributed by atoms with Crippen LogP contribution in [-0.2, 0) is 13.1 Å². The van der Waals surface area contributed by atoms with Crippen molar-refractivity contribution in [3.63, 3.8) is 0 Å². The van der Waals surface area contributed by atoms with Crippen LogP contribution in [0.2, 0.25) is 0 Å². The van der Waals surface area contributed by atoms with Crippen molar-refractivity contribution in [2.45, 2.75) is 20.0 Å². The van der Waals surface area contributed by atoms with E-state index in [1.54, 1.807) is 18.3 Å². The lowest BCUT2D eigenvalue weighted by atomic mass is 9.97. The molecular weight excluding hydrogens is 329 g/mol. The summed E-state index contributed by atoms with van der Waals surface area (Å²) >= 11 is 0. The predicted octanol–water partition coefficient (Wildman–Crippen LogP) is 3.90. The van der Waals surface area contributed by atoms with E-state index < -0.39 is 0 Å². The van der Waals surface area contributed by atoms with Crippen molar-refractivity contribution in [2.75, 3.05) is 19.0 Å². The van der Waals surface area contributed by atoms with Gasteiger partial charge in [0.05, 0.1) is 16.8 Å². The van der Waals surface area contributed by atoms with Crippen LogP contribution in [0.15, 0.2) is 42.6 Å². The Bertz CT molecular complexity index is 1010. The zero-order chi connectivity index (χ0) is 18.4. The minimum atomic E-state index is -0.271. The Morgan fingerprint density at radius 3 is 2.62 bits per heavy atom.